The van der Waals surface area contributed by atoms with Crippen LogP contribution in [-0.4, -0.2) is 29.2 Å². The maximum absolute atomic E-state index is 9.56. The minimum absolute atomic E-state index is 0.0382. The highest BCUT2D eigenvalue weighted by atomic mass is 35.5. The molecular formula is C20H25ClN4OS. The normalized spacial score (nSPS) is 11.6. The summed E-state index contributed by atoms with van der Waals surface area (Å²) in [7, 11) is 1.96. The maximum atomic E-state index is 9.56. The van der Waals surface area contributed by atoms with Gasteiger partial charge in [-0.25, -0.2) is 4.99 Å². The van der Waals surface area contributed by atoms with E-state index in [1.165, 1.54) is 11.5 Å². The average Bonchev–Trinajstić information content (AvgIpc) is 2.95. The Hall–Kier alpha value is -2.10. The Bertz CT molecular complexity index is 877. The summed E-state index contributed by atoms with van der Waals surface area (Å²) in [5.41, 5.74) is 3.01. The van der Waals surface area contributed by atoms with Crippen molar-refractivity contribution >= 4 is 35.2 Å². The van der Waals surface area contributed by atoms with E-state index in [0.29, 0.717) is 27.8 Å². The number of aryl methyl sites for hydroxylation is 1. The summed E-state index contributed by atoms with van der Waals surface area (Å²) in [5.74, 6) is 0.499. The van der Waals surface area contributed by atoms with Gasteiger partial charge < -0.3 is 9.64 Å². The minimum atomic E-state index is 0.0382. The summed E-state index contributed by atoms with van der Waals surface area (Å²) in [5, 5.41) is 10.5. The highest BCUT2D eigenvalue weighted by Crippen LogP contribution is 2.39. The SMILES string of the molecule is CCN(C)/C=N\c1cc(Cl)c(Oc2snc(CC(C)(C)C)c2C#N)cc1C. The molecule has 2 rings (SSSR count). The van der Waals surface area contributed by atoms with Crippen molar-refractivity contribution in [3.63, 3.8) is 0 Å². The third-order valence-electron chi connectivity index (χ3n) is 3.89. The van der Waals surface area contributed by atoms with Gasteiger partial charge in [0.2, 0.25) is 5.06 Å². The zero-order chi connectivity index (χ0) is 20.2. The first-order valence-corrected chi connectivity index (χ1v) is 9.90. The van der Waals surface area contributed by atoms with E-state index in [4.69, 9.17) is 16.3 Å². The van der Waals surface area contributed by atoms with E-state index in [9.17, 15) is 5.26 Å². The molecule has 0 saturated carbocycles. The summed E-state index contributed by atoms with van der Waals surface area (Å²) in [6.45, 7) is 11.2. The van der Waals surface area contributed by atoms with Crippen LogP contribution in [0.15, 0.2) is 17.1 Å². The van der Waals surface area contributed by atoms with Gasteiger partial charge in [-0.05, 0) is 43.4 Å². The Kier molecular flexibility index (Phi) is 6.85. The van der Waals surface area contributed by atoms with Gasteiger partial charge in [0.25, 0.3) is 0 Å². The van der Waals surface area contributed by atoms with Crippen molar-refractivity contribution in [3.05, 3.63) is 34.0 Å². The monoisotopic (exact) mass is 404 g/mol. The lowest BCUT2D eigenvalue weighted by molar-refractivity contribution is 0.406. The fourth-order valence-electron chi connectivity index (χ4n) is 2.31. The van der Waals surface area contributed by atoms with Crippen molar-refractivity contribution in [1.29, 1.82) is 5.26 Å². The van der Waals surface area contributed by atoms with Gasteiger partial charge in [-0.15, -0.1) is 0 Å². The minimum Gasteiger partial charge on any atom is -0.442 e. The van der Waals surface area contributed by atoms with Crippen LogP contribution in [0.5, 0.6) is 10.8 Å². The van der Waals surface area contributed by atoms with Crippen LogP contribution in [0.1, 0.15) is 44.5 Å². The third kappa shape index (κ3) is 5.69. The molecule has 0 aliphatic heterocycles. The second-order valence-corrected chi connectivity index (χ2v) is 8.77. The fraction of sp³-hybridized carbons (Fsp3) is 0.450. The lowest BCUT2D eigenvalue weighted by atomic mass is 9.89. The Labute approximate surface area is 170 Å². The maximum Gasteiger partial charge on any atom is 0.218 e. The Morgan fingerprint density at radius 1 is 1.41 bits per heavy atom. The van der Waals surface area contributed by atoms with Crippen LogP contribution in [0.3, 0.4) is 0 Å². The van der Waals surface area contributed by atoms with Crippen LogP contribution in [0.25, 0.3) is 0 Å². The first-order valence-electron chi connectivity index (χ1n) is 8.75. The molecule has 0 atom stereocenters. The molecule has 0 aliphatic rings. The van der Waals surface area contributed by atoms with Gasteiger partial charge in [0.05, 0.1) is 22.7 Å². The molecule has 0 N–H and O–H groups in total. The highest BCUT2D eigenvalue weighted by molar-refractivity contribution is 7.08. The molecular weight excluding hydrogens is 380 g/mol. The number of benzene rings is 1. The zero-order valence-electron chi connectivity index (χ0n) is 16.6. The molecule has 0 bridgehead atoms. The summed E-state index contributed by atoms with van der Waals surface area (Å²) >= 11 is 7.58. The van der Waals surface area contributed by atoms with Crippen molar-refractivity contribution in [3.8, 4) is 16.9 Å². The smallest absolute Gasteiger partial charge is 0.218 e. The first kappa shape index (κ1) is 21.2. The van der Waals surface area contributed by atoms with E-state index in [1.54, 1.807) is 12.4 Å². The van der Waals surface area contributed by atoms with Crippen LogP contribution >= 0.6 is 23.1 Å². The Balaban J connectivity index is 2.30. The number of rotatable bonds is 6. The largest absolute Gasteiger partial charge is 0.442 e. The van der Waals surface area contributed by atoms with E-state index < -0.39 is 0 Å². The number of hydrogen-bond acceptors (Lipinski definition) is 5. The van der Waals surface area contributed by atoms with E-state index in [-0.39, 0.29) is 5.41 Å². The molecule has 1 aromatic heterocycles. The molecule has 2 aromatic rings. The van der Waals surface area contributed by atoms with E-state index in [1.807, 2.05) is 24.9 Å². The van der Waals surface area contributed by atoms with Gasteiger partial charge in [0, 0.05) is 25.1 Å². The van der Waals surface area contributed by atoms with Gasteiger partial charge in [0.15, 0.2) is 0 Å². The molecule has 0 unspecified atom stereocenters. The molecule has 7 heteroatoms. The van der Waals surface area contributed by atoms with Crippen LogP contribution in [0.4, 0.5) is 5.69 Å². The predicted octanol–water partition coefficient (Wildman–Crippen LogP) is 5.97. The van der Waals surface area contributed by atoms with Crippen molar-refractivity contribution in [2.45, 2.75) is 41.0 Å². The molecule has 0 radical (unpaired) electrons. The third-order valence-corrected chi connectivity index (χ3v) is 4.95. The average molecular weight is 405 g/mol. The molecule has 0 spiro atoms. The quantitative estimate of drug-likeness (QED) is 0.439. The van der Waals surface area contributed by atoms with Crippen LogP contribution in [-0.2, 0) is 6.42 Å². The number of hydrogen-bond donors (Lipinski definition) is 0. The van der Waals surface area contributed by atoms with Crippen molar-refractivity contribution in [2.75, 3.05) is 13.6 Å². The highest BCUT2D eigenvalue weighted by Gasteiger charge is 2.22. The molecule has 27 heavy (non-hydrogen) atoms. The molecule has 1 heterocycles. The number of nitrogens with zero attached hydrogens (tertiary/aromatic N) is 4. The summed E-state index contributed by atoms with van der Waals surface area (Å²) in [6.07, 6.45) is 2.48. The number of ether oxygens (including phenoxy) is 1. The lowest BCUT2D eigenvalue weighted by Crippen LogP contribution is -2.14. The molecule has 0 aliphatic carbocycles. The number of aromatic nitrogens is 1. The van der Waals surface area contributed by atoms with E-state index in [0.717, 1.165) is 23.5 Å². The number of nitriles is 1. The van der Waals surface area contributed by atoms with Gasteiger partial charge in [-0.1, -0.05) is 32.4 Å². The second kappa shape index (κ2) is 8.73. The molecule has 0 saturated heterocycles. The van der Waals surface area contributed by atoms with Crippen molar-refractivity contribution < 1.29 is 4.74 Å². The van der Waals surface area contributed by atoms with Gasteiger partial charge >= 0.3 is 0 Å². The lowest BCUT2D eigenvalue weighted by Gasteiger charge is -2.16. The molecule has 0 amide bonds. The summed E-state index contributed by atoms with van der Waals surface area (Å²) in [6, 6.07) is 5.83. The number of halogens is 1. The molecule has 5 nitrogen and oxygen atoms in total. The molecule has 0 fully saturated rings. The van der Waals surface area contributed by atoms with Crippen molar-refractivity contribution in [1.82, 2.24) is 9.27 Å². The summed E-state index contributed by atoms with van der Waals surface area (Å²) in [4.78, 5) is 6.44. The van der Waals surface area contributed by atoms with Crippen LogP contribution in [0.2, 0.25) is 5.02 Å². The standard InChI is InChI=1S/C20H25ClN4OS/c1-7-25(6)12-23-16-9-15(21)18(8-13(16)2)26-19-14(11-22)17(24-27-19)10-20(3,4)5/h8-9,12H,7,10H2,1-6H3/b23-12-. The van der Waals surface area contributed by atoms with E-state index >= 15 is 0 Å². The number of aliphatic imine (C=N–C) groups is 1. The molecule has 144 valence electrons. The van der Waals surface area contributed by atoms with Crippen LogP contribution in [0, 0.1) is 23.7 Å². The Morgan fingerprint density at radius 2 is 2.11 bits per heavy atom. The first-order chi connectivity index (χ1) is 12.6. The summed E-state index contributed by atoms with van der Waals surface area (Å²) < 4.78 is 10.4. The zero-order valence-corrected chi connectivity index (χ0v) is 18.2. The van der Waals surface area contributed by atoms with Gasteiger partial charge in [-0.2, -0.15) is 9.64 Å². The Morgan fingerprint density at radius 3 is 2.70 bits per heavy atom. The molecule has 1 aromatic carbocycles. The van der Waals surface area contributed by atoms with Crippen LogP contribution < -0.4 is 4.74 Å². The van der Waals surface area contributed by atoms with Crippen molar-refractivity contribution in [2.24, 2.45) is 10.4 Å². The fourth-order valence-corrected chi connectivity index (χ4v) is 3.24. The predicted molar refractivity (Wildman–Crippen MR) is 113 cm³/mol. The van der Waals surface area contributed by atoms with Gasteiger partial charge in [-0.3, -0.25) is 0 Å². The van der Waals surface area contributed by atoms with Gasteiger partial charge in [0.1, 0.15) is 17.4 Å². The topological polar surface area (TPSA) is 61.5 Å². The second-order valence-electron chi connectivity index (χ2n) is 7.63. The van der Waals surface area contributed by atoms with E-state index in [2.05, 4.69) is 43.1 Å².